The molecule has 0 bridgehead atoms. The van der Waals surface area contributed by atoms with Crippen molar-refractivity contribution >= 4 is 29.2 Å². The summed E-state index contributed by atoms with van der Waals surface area (Å²) in [4.78, 5) is 28.1. The maximum Gasteiger partial charge on any atom is 0.418 e. The molecule has 0 saturated carbocycles. The molecule has 1 atom stereocenters. The topological polar surface area (TPSA) is 52.7 Å². The molecule has 5 nitrogen and oxygen atoms in total. The summed E-state index contributed by atoms with van der Waals surface area (Å²) in [5.41, 5.74) is -1.36. The SMILES string of the molecule is CCN(CC)C(=O)C1CCCN(C(=O)Nc2ccc(Cl)cc2C(F)(F)F)C1. The highest BCUT2D eigenvalue weighted by molar-refractivity contribution is 6.30. The van der Waals surface area contributed by atoms with E-state index in [2.05, 4.69) is 5.32 Å². The highest BCUT2D eigenvalue weighted by Crippen LogP contribution is 2.36. The molecule has 9 heteroatoms. The molecule has 3 amide bonds. The lowest BCUT2D eigenvalue weighted by molar-refractivity contribution is -0.137. The van der Waals surface area contributed by atoms with Gasteiger partial charge in [-0.25, -0.2) is 4.79 Å². The molecule has 1 aliphatic heterocycles. The first kappa shape index (κ1) is 21.3. The largest absolute Gasteiger partial charge is 0.418 e. The molecule has 1 aromatic rings. The number of rotatable bonds is 4. The van der Waals surface area contributed by atoms with Crippen molar-refractivity contribution < 1.29 is 22.8 Å². The summed E-state index contributed by atoms with van der Waals surface area (Å²) in [6.45, 7) is 5.51. The summed E-state index contributed by atoms with van der Waals surface area (Å²) in [6, 6.07) is 2.54. The maximum atomic E-state index is 13.2. The molecule has 0 aromatic heterocycles. The molecule has 150 valence electrons. The number of alkyl halides is 3. The second-order valence-electron chi connectivity index (χ2n) is 6.41. The molecular weight excluding hydrogens is 383 g/mol. The lowest BCUT2D eigenvalue weighted by atomic mass is 9.96. The fourth-order valence-electron chi connectivity index (χ4n) is 3.21. The van der Waals surface area contributed by atoms with Crippen LogP contribution in [-0.4, -0.2) is 47.9 Å². The van der Waals surface area contributed by atoms with E-state index < -0.39 is 17.8 Å². The molecule has 1 aliphatic rings. The van der Waals surface area contributed by atoms with Crippen LogP contribution in [0.4, 0.5) is 23.7 Å². The van der Waals surface area contributed by atoms with E-state index in [1.54, 1.807) is 4.90 Å². The van der Waals surface area contributed by atoms with E-state index in [4.69, 9.17) is 11.6 Å². The third-order valence-corrected chi connectivity index (χ3v) is 4.90. The Balaban J connectivity index is 2.11. The Labute approximate surface area is 161 Å². The molecule has 1 aromatic carbocycles. The van der Waals surface area contributed by atoms with E-state index in [1.807, 2.05) is 13.8 Å². The first-order valence-electron chi connectivity index (χ1n) is 8.88. The van der Waals surface area contributed by atoms with Crippen molar-refractivity contribution in [1.82, 2.24) is 9.80 Å². The maximum absolute atomic E-state index is 13.2. The number of carbonyl (C=O) groups excluding carboxylic acids is 2. The molecule has 1 unspecified atom stereocenters. The highest BCUT2D eigenvalue weighted by Gasteiger charge is 2.35. The summed E-state index contributed by atoms with van der Waals surface area (Å²) in [7, 11) is 0. The number of halogens is 4. The molecule has 0 radical (unpaired) electrons. The van der Waals surface area contributed by atoms with Crippen LogP contribution in [0.25, 0.3) is 0 Å². The third kappa shape index (κ3) is 5.28. The minimum absolute atomic E-state index is 0.0278. The number of nitrogens with one attached hydrogen (secondary N) is 1. The summed E-state index contributed by atoms with van der Waals surface area (Å²) >= 11 is 5.65. The number of benzene rings is 1. The van der Waals surface area contributed by atoms with E-state index in [-0.39, 0.29) is 29.1 Å². The van der Waals surface area contributed by atoms with E-state index in [0.29, 0.717) is 32.5 Å². The molecule has 1 fully saturated rings. The van der Waals surface area contributed by atoms with Crippen molar-refractivity contribution in [3.05, 3.63) is 28.8 Å². The van der Waals surface area contributed by atoms with Gasteiger partial charge in [-0.3, -0.25) is 4.79 Å². The van der Waals surface area contributed by atoms with Gasteiger partial charge in [-0.2, -0.15) is 13.2 Å². The van der Waals surface area contributed by atoms with Crippen molar-refractivity contribution in [3.8, 4) is 0 Å². The Hall–Kier alpha value is -1.96. The van der Waals surface area contributed by atoms with E-state index in [0.717, 1.165) is 12.1 Å². The fourth-order valence-corrected chi connectivity index (χ4v) is 3.38. The lowest BCUT2D eigenvalue weighted by Gasteiger charge is -2.34. The van der Waals surface area contributed by atoms with Crippen molar-refractivity contribution in [2.75, 3.05) is 31.5 Å². The van der Waals surface area contributed by atoms with Crippen LogP contribution in [0.1, 0.15) is 32.3 Å². The zero-order valence-corrected chi connectivity index (χ0v) is 16.0. The monoisotopic (exact) mass is 405 g/mol. The van der Waals surface area contributed by atoms with Gasteiger partial charge in [0.2, 0.25) is 5.91 Å². The lowest BCUT2D eigenvalue weighted by Crippen LogP contribution is -2.48. The number of urea groups is 1. The molecule has 0 spiro atoms. The van der Waals surface area contributed by atoms with Crippen molar-refractivity contribution in [2.45, 2.75) is 32.9 Å². The third-order valence-electron chi connectivity index (χ3n) is 4.66. The van der Waals surface area contributed by atoms with Crippen LogP contribution in [0.2, 0.25) is 5.02 Å². The average molecular weight is 406 g/mol. The van der Waals surface area contributed by atoms with E-state index in [9.17, 15) is 22.8 Å². The average Bonchev–Trinajstić information content (AvgIpc) is 2.63. The van der Waals surface area contributed by atoms with E-state index in [1.165, 1.54) is 11.0 Å². The van der Waals surface area contributed by atoms with Gasteiger partial charge in [0, 0.05) is 31.2 Å². The van der Waals surface area contributed by atoms with Gasteiger partial charge in [0.25, 0.3) is 0 Å². The highest BCUT2D eigenvalue weighted by atomic mass is 35.5. The number of nitrogens with zero attached hydrogens (tertiary/aromatic N) is 2. The van der Waals surface area contributed by atoms with Gasteiger partial charge in [-0.1, -0.05) is 11.6 Å². The Morgan fingerprint density at radius 2 is 1.96 bits per heavy atom. The zero-order valence-electron chi connectivity index (χ0n) is 15.3. The molecule has 27 heavy (non-hydrogen) atoms. The first-order valence-corrected chi connectivity index (χ1v) is 9.26. The Morgan fingerprint density at radius 3 is 2.56 bits per heavy atom. The predicted octanol–water partition coefficient (Wildman–Crippen LogP) is 4.47. The summed E-state index contributed by atoms with van der Waals surface area (Å²) in [6.07, 6.45) is -3.36. The van der Waals surface area contributed by atoms with Gasteiger partial charge in [0.05, 0.1) is 17.2 Å². The van der Waals surface area contributed by atoms with Crippen molar-refractivity contribution in [2.24, 2.45) is 5.92 Å². The Bertz CT molecular complexity index is 693. The summed E-state index contributed by atoms with van der Waals surface area (Å²) in [5.74, 6) is -0.364. The number of carbonyl (C=O) groups is 2. The molecule has 1 heterocycles. The number of anilines is 1. The number of likely N-dealkylation sites (tertiary alicyclic amines) is 1. The van der Waals surface area contributed by atoms with Crippen LogP contribution in [0, 0.1) is 5.92 Å². The van der Waals surface area contributed by atoms with Crippen LogP contribution >= 0.6 is 11.6 Å². The zero-order chi connectivity index (χ0) is 20.2. The summed E-state index contributed by atoms with van der Waals surface area (Å²) < 4.78 is 39.5. The number of hydrogen-bond donors (Lipinski definition) is 1. The van der Waals surface area contributed by atoms with E-state index >= 15 is 0 Å². The van der Waals surface area contributed by atoms with Crippen LogP contribution in [0.3, 0.4) is 0 Å². The summed E-state index contributed by atoms with van der Waals surface area (Å²) in [5, 5.41) is 2.25. The van der Waals surface area contributed by atoms with Crippen LogP contribution in [0.15, 0.2) is 18.2 Å². The Morgan fingerprint density at radius 1 is 1.30 bits per heavy atom. The van der Waals surface area contributed by atoms with Crippen molar-refractivity contribution in [1.29, 1.82) is 0 Å². The van der Waals surface area contributed by atoms with Gasteiger partial charge in [-0.05, 0) is 44.9 Å². The standard InChI is InChI=1S/C18H23ClF3N3O2/c1-3-24(4-2)16(26)12-6-5-9-25(11-12)17(27)23-15-8-7-13(19)10-14(15)18(20,21)22/h7-8,10,12H,3-6,9,11H2,1-2H3,(H,23,27). The van der Waals surface area contributed by atoms with Gasteiger partial charge in [0.1, 0.15) is 0 Å². The van der Waals surface area contributed by atoms with Crippen molar-refractivity contribution in [3.63, 3.8) is 0 Å². The van der Waals surface area contributed by atoms with Gasteiger partial charge < -0.3 is 15.1 Å². The predicted molar refractivity (Wildman–Crippen MR) is 97.7 cm³/mol. The number of amides is 3. The normalized spacial score (nSPS) is 17.6. The molecule has 1 saturated heterocycles. The number of hydrogen-bond acceptors (Lipinski definition) is 2. The quantitative estimate of drug-likeness (QED) is 0.803. The van der Waals surface area contributed by atoms with Gasteiger partial charge in [-0.15, -0.1) is 0 Å². The van der Waals surface area contributed by atoms with Crippen LogP contribution in [0.5, 0.6) is 0 Å². The minimum atomic E-state index is -4.64. The molecule has 0 aliphatic carbocycles. The second-order valence-corrected chi connectivity index (χ2v) is 6.85. The minimum Gasteiger partial charge on any atom is -0.343 e. The smallest absolute Gasteiger partial charge is 0.343 e. The second kappa shape index (κ2) is 8.82. The number of piperidine rings is 1. The fraction of sp³-hybridized carbons (Fsp3) is 0.556. The Kier molecular flexibility index (Phi) is 6.97. The van der Waals surface area contributed by atoms with Crippen LogP contribution in [-0.2, 0) is 11.0 Å². The van der Waals surface area contributed by atoms with Gasteiger partial charge >= 0.3 is 12.2 Å². The van der Waals surface area contributed by atoms with Crippen LogP contribution < -0.4 is 5.32 Å². The molecule has 2 rings (SSSR count). The molecule has 1 N–H and O–H groups in total. The molecular formula is C18H23ClF3N3O2. The first-order chi connectivity index (χ1) is 12.7. The van der Waals surface area contributed by atoms with Gasteiger partial charge in [0.15, 0.2) is 0 Å².